The Balaban J connectivity index is 2.13. The van der Waals surface area contributed by atoms with Gasteiger partial charge in [-0.15, -0.1) is 0 Å². The summed E-state index contributed by atoms with van der Waals surface area (Å²) in [5, 5.41) is 9.17. The van der Waals surface area contributed by atoms with Gasteiger partial charge in [0, 0.05) is 11.8 Å². The summed E-state index contributed by atoms with van der Waals surface area (Å²) in [4.78, 5) is 14.8. The maximum atomic E-state index is 13.0. The van der Waals surface area contributed by atoms with Crippen molar-refractivity contribution in [2.24, 2.45) is 0 Å². The van der Waals surface area contributed by atoms with Gasteiger partial charge in [-0.05, 0) is 45.2 Å². The number of nitriles is 1. The molecule has 1 heterocycles. The molecule has 4 nitrogen and oxygen atoms in total. The zero-order chi connectivity index (χ0) is 16.8. The summed E-state index contributed by atoms with van der Waals surface area (Å²) in [7, 11) is 1.55. The van der Waals surface area contributed by atoms with E-state index in [0.717, 1.165) is 22.5 Å². The number of hydrogen-bond acceptors (Lipinski definition) is 3. The van der Waals surface area contributed by atoms with E-state index in [9.17, 15) is 4.79 Å². The third-order valence-electron chi connectivity index (χ3n) is 4.67. The molecule has 1 aromatic carbocycles. The van der Waals surface area contributed by atoms with Crippen LogP contribution in [0.15, 0.2) is 41.3 Å². The molecule has 1 aliphatic heterocycles. The fourth-order valence-electron chi connectivity index (χ4n) is 3.29. The molecule has 0 radical (unpaired) electrons. The molecule has 0 saturated heterocycles. The number of hydrogen-bond donors (Lipinski definition) is 0. The second kappa shape index (κ2) is 5.27. The minimum atomic E-state index is -0.547. The Morgan fingerprint density at radius 2 is 2.04 bits per heavy atom. The Morgan fingerprint density at radius 1 is 1.30 bits per heavy atom. The van der Waals surface area contributed by atoms with Crippen molar-refractivity contribution in [2.45, 2.75) is 39.0 Å². The number of carbonyl (C=O) groups excluding carboxylic acids is 1. The molecule has 0 fully saturated rings. The number of fused-ring (bicyclic) bond motifs is 1. The molecule has 1 aromatic rings. The number of rotatable bonds is 2. The van der Waals surface area contributed by atoms with Crippen LogP contribution in [0.4, 0.5) is 5.69 Å². The summed E-state index contributed by atoms with van der Waals surface area (Å²) in [6.45, 7) is 5.96. The summed E-state index contributed by atoms with van der Waals surface area (Å²) in [5.41, 5.74) is 4.11. The molecule has 0 saturated carbocycles. The zero-order valence-electron chi connectivity index (χ0n) is 13.9. The summed E-state index contributed by atoms with van der Waals surface area (Å²) >= 11 is 0. The molecule has 23 heavy (non-hydrogen) atoms. The van der Waals surface area contributed by atoms with Crippen molar-refractivity contribution in [3.63, 3.8) is 0 Å². The minimum Gasteiger partial charge on any atom is -0.496 e. The molecule has 0 atom stereocenters. The first-order valence-corrected chi connectivity index (χ1v) is 7.73. The number of anilines is 1. The van der Waals surface area contributed by atoms with Crippen LogP contribution in [0.2, 0.25) is 0 Å². The van der Waals surface area contributed by atoms with Crippen LogP contribution in [0.3, 0.4) is 0 Å². The van der Waals surface area contributed by atoms with E-state index < -0.39 is 5.41 Å². The van der Waals surface area contributed by atoms with Gasteiger partial charge in [-0.3, -0.25) is 9.69 Å². The Morgan fingerprint density at radius 3 is 2.70 bits per heavy atom. The standard InChI is InChI=1S/C19H20N2O2/c1-12-5-8-16-15(9-12)19(2,3)18(22)21(16)14-7-6-13(11-20)17(10-14)23-4/h5,8-10H,6-7H2,1-4H3. The minimum absolute atomic E-state index is 0.0696. The van der Waals surface area contributed by atoms with Gasteiger partial charge >= 0.3 is 0 Å². The number of methoxy groups -OCH3 is 1. The van der Waals surface area contributed by atoms with Gasteiger partial charge in [-0.25, -0.2) is 0 Å². The van der Waals surface area contributed by atoms with Crippen LogP contribution in [-0.4, -0.2) is 13.0 Å². The van der Waals surface area contributed by atoms with Crippen LogP contribution >= 0.6 is 0 Å². The van der Waals surface area contributed by atoms with E-state index in [-0.39, 0.29) is 5.91 Å². The van der Waals surface area contributed by atoms with E-state index in [1.54, 1.807) is 12.0 Å². The number of nitrogens with zero attached hydrogens (tertiary/aromatic N) is 2. The zero-order valence-corrected chi connectivity index (χ0v) is 13.9. The molecular weight excluding hydrogens is 288 g/mol. The quantitative estimate of drug-likeness (QED) is 0.836. The first-order valence-electron chi connectivity index (χ1n) is 7.73. The monoisotopic (exact) mass is 308 g/mol. The summed E-state index contributed by atoms with van der Waals surface area (Å²) in [5.74, 6) is 0.625. The van der Waals surface area contributed by atoms with Crippen LogP contribution in [0.1, 0.15) is 37.8 Å². The smallest absolute Gasteiger partial charge is 0.241 e. The third-order valence-corrected chi connectivity index (χ3v) is 4.67. The number of allylic oxidation sites excluding steroid dienone is 3. The lowest BCUT2D eigenvalue weighted by molar-refractivity contribution is -0.121. The lowest BCUT2D eigenvalue weighted by Gasteiger charge is -2.26. The molecule has 0 unspecified atom stereocenters. The van der Waals surface area contributed by atoms with Gasteiger partial charge in [0.25, 0.3) is 0 Å². The largest absolute Gasteiger partial charge is 0.496 e. The first kappa shape index (κ1) is 15.4. The topological polar surface area (TPSA) is 53.3 Å². The van der Waals surface area contributed by atoms with Crippen molar-refractivity contribution in [3.8, 4) is 6.07 Å². The van der Waals surface area contributed by atoms with Crippen LogP contribution in [0, 0.1) is 18.3 Å². The number of benzene rings is 1. The van der Waals surface area contributed by atoms with Gasteiger partial charge in [-0.2, -0.15) is 5.26 Å². The number of aryl methyl sites for hydroxylation is 1. The van der Waals surface area contributed by atoms with E-state index in [1.165, 1.54) is 0 Å². The van der Waals surface area contributed by atoms with Crippen molar-refractivity contribution in [1.29, 1.82) is 5.26 Å². The number of ether oxygens (including phenoxy) is 1. The highest BCUT2D eigenvalue weighted by Gasteiger charge is 2.45. The van der Waals surface area contributed by atoms with Gasteiger partial charge in [0.15, 0.2) is 0 Å². The van der Waals surface area contributed by atoms with Gasteiger partial charge in [0.1, 0.15) is 5.76 Å². The molecule has 0 aromatic heterocycles. The molecule has 0 N–H and O–H groups in total. The molecule has 0 bridgehead atoms. The molecule has 4 heteroatoms. The maximum absolute atomic E-state index is 13.0. The van der Waals surface area contributed by atoms with Crippen molar-refractivity contribution < 1.29 is 9.53 Å². The average Bonchev–Trinajstić information content (AvgIpc) is 2.74. The lowest BCUT2D eigenvalue weighted by atomic mass is 9.85. The second-order valence-electron chi connectivity index (χ2n) is 6.58. The van der Waals surface area contributed by atoms with Gasteiger partial charge < -0.3 is 4.74 Å². The number of carbonyl (C=O) groups is 1. The molecule has 1 aliphatic carbocycles. The van der Waals surface area contributed by atoms with Crippen molar-refractivity contribution in [3.05, 3.63) is 52.4 Å². The Kier molecular flexibility index (Phi) is 3.52. The molecule has 1 amide bonds. The van der Waals surface area contributed by atoms with Crippen molar-refractivity contribution in [1.82, 2.24) is 0 Å². The van der Waals surface area contributed by atoms with E-state index >= 15 is 0 Å². The van der Waals surface area contributed by atoms with Crippen molar-refractivity contribution >= 4 is 11.6 Å². The van der Waals surface area contributed by atoms with Gasteiger partial charge in [0.2, 0.25) is 5.91 Å². The fourth-order valence-corrected chi connectivity index (χ4v) is 3.29. The molecular formula is C19H20N2O2. The molecule has 0 spiro atoms. The predicted octanol–water partition coefficient (Wildman–Crippen LogP) is 3.72. The van der Waals surface area contributed by atoms with Crippen LogP contribution in [0.25, 0.3) is 0 Å². The Bertz CT molecular complexity index is 794. The van der Waals surface area contributed by atoms with Crippen LogP contribution < -0.4 is 4.90 Å². The van der Waals surface area contributed by atoms with Crippen molar-refractivity contribution in [2.75, 3.05) is 12.0 Å². The highest BCUT2D eigenvalue weighted by atomic mass is 16.5. The number of amides is 1. The highest BCUT2D eigenvalue weighted by molar-refractivity contribution is 6.09. The SMILES string of the molecule is COC1=C(C#N)CCC(N2C(=O)C(C)(C)c3cc(C)ccc32)=C1. The fraction of sp³-hybridized carbons (Fsp3) is 0.368. The Hall–Kier alpha value is -2.54. The van der Waals surface area contributed by atoms with E-state index in [4.69, 9.17) is 10.00 Å². The summed E-state index contributed by atoms with van der Waals surface area (Å²) < 4.78 is 5.32. The maximum Gasteiger partial charge on any atom is 0.241 e. The normalized spacial score (nSPS) is 19.3. The molecule has 2 aliphatic rings. The Labute approximate surface area is 136 Å². The second-order valence-corrected chi connectivity index (χ2v) is 6.58. The van der Waals surface area contributed by atoms with Gasteiger partial charge in [-0.1, -0.05) is 17.7 Å². The van der Waals surface area contributed by atoms with E-state index in [0.29, 0.717) is 24.2 Å². The van der Waals surface area contributed by atoms with Crippen LogP contribution in [-0.2, 0) is 14.9 Å². The summed E-state index contributed by atoms with van der Waals surface area (Å²) in [6, 6.07) is 8.30. The predicted molar refractivity (Wildman–Crippen MR) is 88.7 cm³/mol. The molecule has 3 rings (SSSR count). The molecule has 118 valence electrons. The van der Waals surface area contributed by atoms with Gasteiger partial charge in [0.05, 0.1) is 29.9 Å². The highest BCUT2D eigenvalue weighted by Crippen LogP contribution is 2.45. The lowest BCUT2D eigenvalue weighted by Crippen LogP contribution is -2.36. The summed E-state index contributed by atoms with van der Waals surface area (Å²) in [6.07, 6.45) is 3.08. The van der Waals surface area contributed by atoms with E-state index in [1.807, 2.05) is 39.0 Å². The third kappa shape index (κ3) is 2.24. The first-order chi connectivity index (χ1) is 10.9. The van der Waals surface area contributed by atoms with E-state index in [2.05, 4.69) is 12.1 Å². The average molecular weight is 308 g/mol. The van der Waals surface area contributed by atoms with Crippen LogP contribution in [0.5, 0.6) is 0 Å².